The molecule has 1 unspecified atom stereocenters. The first-order valence-electron chi connectivity index (χ1n) is 10.1. The molecule has 140 valence electrons. The van der Waals surface area contributed by atoms with E-state index in [1.54, 1.807) is 6.33 Å². The highest BCUT2D eigenvalue weighted by Gasteiger charge is 2.38. The van der Waals surface area contributed by atoms with Gasteiger partial charge < -0.3 is 5.32 Å². The van der Waals surface area contributed by atoms with Crippen molar-refractivity contribution in [2.24, 2.45) is 0 Å². The van der Waals surface area contributed by atoms with Crippen molar-refractivity contribution in [3.63, 3.8) is 0 Å². The summed E-state index contributed by atoms with van der Waals surface area (Å²) in [7, 11) is 0. The summed E-state index contributed by atoms with van der Waals surface area (Å²) in [5.41, 5.74) is 1.42. The largest absolute Gasteiger partial charge is 0.302 e. The average molecular weight is 355 g/mol. The number of H-pyrrole nitrogens is 1. The van der Waals surface area contributed by atoms with E-state index >= 15 is 0 Å². The third kappa shape index (κ3) is 3.81. The molecule has 26 heavy (non-hydrogen) atoms. The molecule has 6 heteroatoms. The van der Waals surface area contributed by atoms with Crippen LogP contribution < -0.4 is 5.32 Å². The van der Waals surface area contributed by atoms with Crippen LogP contribution in [0.15, 0.2) is 30.9 Å². The zero-order chi connectivity index (χ0) is 17.7. The highest BCUT2D eigenvalue weighted by Crippen LogP contribution is 2.36. The predicted octanol–water partition coefficient (Wildman–Crippen LogP) is 3.07. The predicted molar refractivity (Wildman–Crippen MR) is 102 cm³/mol. The minimum Gasteiger partial charge on any atom is -0.302 e. The van der Waals surface area contributed by atoms with Gasteiger partial charge in [0.1, 0.15) is 12.2 Å². The van der Waals surface area contributed by atoms with Gasteiger partial charge in [-0.1, -0.05) is 31.7 Å². The lowest BCUT2D eigenvalue weighted by atomic mass is 9.79. The molecule has 0 amide bonds. The molecule has 1 aliphatic carbocycles. The number of nitrogens with zero attached hydrogens (tertiary/aromatic N) is 4. The Labute approximate surface area is 155 Å². The normalized spacial score (nSPS) is 22.2. The van der Waals surface area contributed by atoms with Gasteiger partial charge in [-0.05, 0) is 50.4 Å². The van der Waals surface area contributed by atoms with E-state index in [2.05, 4.69) is 36.4 Å². The monoisotopic (exact) mass is 354 g/mol. The van der Waals surface area contributed by atoms with Crippen LogP contribution in [0.25, 0.3) is 0 Å². The second-order valence-electron chi connectivity index (χ2n) is 7.80. The summed E-state index contributed by atoms with van der Waals surface area (Å²) < 4.78 is 0. The van der Waals surface area contributed by atoms with Gasteiger partial charge in [0.2, 0.25) is 0 Å². The van der Waals surface area contributed by atoms with Crippen LogP contribution in [-0.2, 0) is 0 Å². The van der Waals surface area contributed by atoms with E-state index in [-0.39, 0.29) is 6.04 Å². The number of hydrogen-bond acceptors (Lipinski definition) is 5. The second-order valence-corrected chi connectivity index (χ2v) is 7.80. The maximum absolute atomic E-state index is 4.42. The Morgan fingerprint density at radius 3 is 2.62 bits per heavy atom. The number of hydrogen-bond donors (Lipinski definition) is 2. The van der Waals surface area contributed by atoms with Gasteiger partial charge in [-0.3, -0.25) is 15.0 Å². The van der Waals surface area contributed by atoms with E-state index in [1.165, 1.54) is 64.5 Å². The Hall–Kier alpha value is -1.79. The molecule has 1 saturated heterocycles. The molecule has 1 saturated carbocycles. The molecule has 1 aliphatic heterocycles. The molecule has 0 bridgehead atoms. The summed E-state index contributed by atoms with van der Waals surface area (Å²) in [5, 5.41) is 10.9. The van der Waals surface area contributed by atoms with Crippen molar-refractivity contribution in [3.8, 4) is 0 Å². The van der Waals surface area contributed by atoms with Crippen LogP contribution in [0.4, 0.5) is 0 Å². The van der Waals surface area contributed by atoms with Crippen LogP contribution in [0.2, 0.25) is 0 Å². The van der Waals surface area contributed by atoms with Gasteiger partial charge in [0.15, 0.2) is 0 Å². The van der Waals surface area contributed by atoms with Crippen molar-refractivity contribution in [2.45, 2.75) is 62.9 Å². The summed E-state index contributed by atoms with van der Waals surface area (Å²) in [5.74, 6) is 0.864. The van der Waals surface area contributed by atoms with Gasteiger partial charge in [0.25, 0.3) is 0 Å². The highest BCUT2D eigenvalue weighted by atomic mass is 15.2. The molecule has 0 radical (unpaired) electrons. The molecule has 0 spiro atoms. The fourth-order valence-corrected chi connectivity index (χ4v) is 4.75. The lowest BCUT2D eigenvalue weighted by Crippen LogP contribution is -2.57. The molecule has 3 heterocycles. The van der Waals surface area contributed by atoms with Gasteiger partial charge in [0, 0.05) is 24.5 Å². The number of pyridine rings is 1. The maximum Gasteiger partial charge on any atom is 0.146 e. The van der Waals surface area contributed by atoms with Gasteiger partial charge >= 0.3 is 0 Å². The summed E-state index contributed by atoms with van der Waals surface area (Å²) >= 11 is 0. The van der Waals surface area contributed by atoms with E-state index < -0.39 is 0 Å². The fourth-order valence-electron chi connectivity index (χ4n) is 4.75. The van der Waals surface area contributed by atoms with Crippen molar-refractivity contribution < 1.29 is 0 Å². The molecule has 4 rings (SSSR count). The Morgan fingerprint density at radius 2 is 1.92 bits per heavy atom. The number of aromatic amines is 1. The van der Waals surface area contributed by atoms with Crippen LogP contribution >= 0.6 is 0 Å². The highest BCUT2D eigenvalue weighted by molar-refractivity contribution is 5.21. The minimum absolute atomic E-state index is 0.00907. The first-order valence-corrected chi connectivity index (χ1v) is 10.1. The zero-order valence-electron chi connectivity index (χ0n) is 15.5. The standard InChI is InChI=1S/C20H30N6/c1-3-9-20(10-4-1,26-12-5-2-6-13-26)15-22-18(19-23-16-24-25-19)17-8-7-11-21-14-17/h7-8,11,14,16,18,22H,1-6,9-10,12-13,15H2,(H,23,24,25). The molecular weight excluding hydrogens is 324 g/mol. The van der Waals surface area contributed by atoms with Crippen LogP contribution in [0.1, 0.15) is 68.8 Å². The summed E-state index contributed by atoms with van der Waals surface area (Å²) in [4.78, 5) is 11.5. The number of nitrogens with one attached hydrogen (secondary N) is 2. The molecule has 2 fully saturated rings. The van der Waals surface area contributed by atoms with Gasteiger partial charge in [0.05, 0.1) is 6.04 Å². The Balaban J connectivity index is 1.54. The third-order valence-electron chi connectivity index (χ3n) is 6.17. The molecule has 2 aliphatic rings. The van der Waals surface area contributed by atoms with Crippen LogP contribution in [0.3, 0.4) is 0 Å². The maximum atomic E-state index is 4.42. The van der Waals surface area contributed by atoms with Crippen LogP contribution in [-0.4, -0.2) is 50.2 Å². The minimum atomic E-state index is 0.00907. The number of aromatic nitrogens is 4. The Morgan fingerprint density at radius 1 is 1.12 bits per heavy atom. The van der Waals surface area contributed by atoms with Crippen molar-refractivity contribution in [1.82, 2.24) is 30.4 Å². The van der Waals surface area contributed by atoms with Crippen LogP contribution in [0, 0.1) is 0 Å². The first kappa shape index (κ1) is 17.6. The van der Waals surface area contributed by atoms with Gasteiger partial charge in [-0.2, -0.15) is 5.10 Å². The lowest BCUT2D eigenvalue weighted by molar-refractivity contribution is 0.0320. The van der Waals surface area contributed by atoms with Crippen molar-refractivity contribution in [3.05, 3.63) is 42.2 Å². The van der Waals surface area contributed by atoms with E-state index in [0.717, 1.165) is 17.9 Å². The van der Waals surface area contributed by atoms with E-state index in [1.807, 2.05) is 18.5 Å². The van der Waals surface area contributed by atoms with Crippen molar-refractivity contribution in [1.29, 1.82) is 0 Å². The van der Waals surface area contributed by atoms with E-state index in [0.29, 0.717) is 5.54 Å². The molecule has 2 aromatic heterocycles. The van der Waals surface area contributed by atoms with E-state index in [4.69, 9.17) is 0 Å². The third-order valence-corrected chi connectivity index (χ3v) is 6.17. The fraction of sp³-hybridized carbons (Fsp3) is 0.650. The second kappa shape index (κ2) is 8.27. The summed E-state index contributed by atoms with van der Waals surface area (Å²) in [6.07, 6.45) is 16.1. The number of likely N-dealkylation sites (tertiary alicyclic amines) is 1. The van der Waals surface area contributed by atoms with Crippen LogP contribution in [0.5, 0.6) is 0 Å². The Kier molecular flexibility index (Phi) is 5.60. The topological polar surface area (TPSA) is 69.7 Å². The smallest absolute Gasteiger partial charge is 0.146 e. The summed E-state index contributed by atoms with van der Waals surface area (Å²) in [6, 6.07) is 4.11. The van der Waals surface area contributed by atoms with Crippen molar-refractivity contribution in [2.75, 3.05) is 19.6 Å². The molecule has 6 nitrogen and oxygen atoms in total. The zero-order valence-corrected chi connectivity index (χ0v) is 15.5. The molecule has 2 aromatic rings. The average Bonchev–Trinajstić information content (AvgIpc) is 3.25. The van der Waals surface area contributed by atoms with E-state index in [9.17, 15) is 0 Å². The number of rotatable bonds is 6. The molecule has 2 N–H and O–H groups in total. The molecular formula is C20H30N6. The first-order chi connectivity index (χ1) is 12.9. The molecule has 0 aromatic carbocycles. The SMILES string of the molecule is c1cncc(C(NCC2(N3CCCCC3)CCCCC2)c2ncn[nH]2)c1. The quantitative estimate of drug-likeness (QED) is 0.834. The Bertz CT molecular complexity index is 644. The van der Waals surface area contributed by atoms with Crippen molar-refractivity contribution >= 4 is 0 Å². The van der Waals surface area contributed by atoms with Gasteiger partial charge in [-0.25, -0.2) is 4.98 Å². The lowest BCUT2D eigenvalue weighted by Gasteiger charge is -2.49. The number of piperidine rings is 1. The summed E-state index contributed by atoms with van der Waals surface area (Å²) in [6.45, 7) is 3.50. The van der Waals surface area contributed by atoms with Gasteiger partial charge in [-0.15, -0.1) is 0 Å². The molecule has 1 atom stereocenters.